The highest BCUT2D eigenvalue weighted by atomic mass is 16.5. The Labute approximate surface area is 140 Å². The number of nitrogens with one attached hydrogen (secondary N) is 1. The summed E-state index contributed by atoms with van der Waals surface area (Å²) in [6.07, 6.45) is 1.50. The Morgan fingerprint density at radius 3 is 2.58 bits per heavy atom. The van der Waals surface area contributed by atoms with Crippen LogP contribution in [0.2, 0.25) is 0 Å². The van der Waals surface area contributed by atoms with E-state index in [4.69, 9.17) is 4.74 Å². The third-order valence-electron chi connectivity index (χ3n) is 3.11. The summed E-state index contributed by atoms with van der Waals surface area (Å²) in [4.78, 5) is 24.0. The second-order valence-electron chi connectivity index (χ2n) is 4.84. The fourth-order valence-electron chi connectivity index (χ4n) is 2.00. The van der Waals surface area contributed by atoms with E-state index in [1.165, 1.54) is 12.1 Å². The van der Waals surface area contributed by atoms with Gasteiger partial charge in [0.2, 0.25) is 0 Å². The van der Waals surface area contributed by atoms with Crippen molar-refractivity contribution in [2.24, 2.45) is 0 Å². The molecule has 2 aromatic rings. The van der Waals surface area contributed by atoms with Crippen molar-refractivity contribution in [1.82, 2.24) is 0 Å². The summed E-state index contributed by atoms with van der Waals surface area (Å²) in [5.74, 6) is -1.00. The molecule has 0 aromatic heterocycles. The van der Waals surface area contributed by atoms with Crippen molar-refractivity contribution in [3.8, 4) is 6.07 Å². The predicted molar refractivity (Wildman–Crippen MR) is 91.1 cm³/mol. The normalized spacial score (nSPS) is 10.6. The second-order valence-corrected chi connectivity index (χ2v) is 4.84. The molecule has 120 valence electrons. The molecule has 0 heterocycles. The largest absolute Gasteiger partial charge is 0.462 e. The van der Waals surface area contributed by atoms with Crippen molar-refractivity contribution in [2.45, 2.75) is 6.92 Å². The molecule has 0 fully saturated rings. The number of rotatable bonds is 5. The van der Waals surface area contributed by atoms with Crippen LogP contribution in [-0.2, 0) is 9.53 Å². The molecule has 0 saturated carbocycles. The Kier molecular flexibility index (Phi) is 5.87. The minimum absolute atomic E-state index is 0.0252. The van der Waals surface area contributed by atoms with Gasteiger partial charge in [-0.15, -0.1) is 0 Å². The van der Waals surface area contributed by atoms with E-state index in [2.05, 4.69) is 5.32 Å². The number of carbonyl (C=O) groups is 2. The molecule has 0 bridgehead atoms. The molecule has 2 aromatic carbocycles. The lowest BCUT2D eigenvalue weighted by molar-refractivity contribution is -0.112. The van der Waals surface area contributed by atoms with Gasteiger partial charge in [-0.1, -0.05) is 36.4 Å². The summed E-state index contributed by atoms with van der Waals surface area (Å²) in [5.41, 5.74) is 1.48. The topological polar surface area (TPSA) is 79.2 Å². The number of anilines is 1. The summed E-state index contributed by atoms with van der Waals surface area (Å²) in [7, 11) is 0. The van der Waals surface area contributed by atoms with Gasteiger partial charge in [-0.3, -0.25) is 4.79 Å². The molecule has 0 aliphatic carbocycles. The highest BCUT2D eigenvalue weighted by Gasteiger charge is 2.11. The van der Waals surface area contributed by atoms with Gasteiger partial charge < -0.3 is 10.1 Å². The zero-order chi connectivity index (χ0) is 17.4. The van der Waals surface area contributed by atoms with Crippen LogP contribution in [0.1, 0.15) is 22.8 Å². The molecule has 0 radical (unpaired) electrons. The number of amides is 1. The third kappa shape index (κ3) is 4.55. The van der Waals surface area contributed by atoms with Gasteiger partial charge >= 0.3 is 5.97 Å². The molecule has 2 rings (SSSR count). The van der Waals surface area contributed by atoms with E-state index in [9.17, 15) is 14.9 Å². The number of nitriles is 1. The van der Waals surface area contributed by atoms with Crippen molar-refractivity contribution in [2.75, 3.05) is 11.9 Å². The Morgan fingerprint density at radius 2 is 1.92 bits per heavy atom. The molecule has 0 saturated heterocycles. The molecule has 0 spiro atoms. The van der Waals surface area contributed by atoms with E-state index in [0.717, 1.165) is 5.56 Å². The zero-order valence-corrected chi connectivity index (χ0v) is 13.2. The molecule has 0 unspecified atom stereocenters. The molecule has 24 heavy (non-hydrogen) atoms. The smallest absolute Gasteiger partial charge is 0.338 e. The molecule has 0 aliphatic heterocycles. The van der Waals surface area contributed by atoms with Gasteiger partial charge in [0, 0.05) is 5.69 Å². The summed E-state index contributed by atoms with van der Waals surface area (Å²) >= 11 is 0. The first kappa shape index (κ1) is 17.0. The van der Waals surface area contributed by atoms with Gasteiger partial charge in [-0.25, -0.2) is 4.79 Å². The second kappa shape index (κ2) is 8.30. The summed E-state index contributed by atoms with van der Waals surface area (Å²) in [6, 6.07) is 17.3. The standard InChI is InChI=1S/C19H16N2O3/c1-2-24-19(23)15-9-6-10-17(12-15)21-18(22)16(13-20)11-14-7-4-3-5-8-14/h3-12H,2H2,1H3,(H,21,22)/b16-11+. The number of ether oxygens (including phenoxy) is 1. The van der Waals surface area contributed by atoms with Crippen molar-refractivity contribution in [3.05, 3.63) is 71.3 Å². The zero-order valence-electron chi connectivity index (χ0n) is 13.2. The number of benzene rings is 2. The van der Waals surface area contributed by atoms with Gasteiger partial charge in [-0.05, 0) is 36.8 Å². The van der Waals surface area contributed by atoms with Crippen LogP contribution in [0.5, 0.6) is 0 Å². The number of carbonyl (C=O) groups excluding carboxylic acids is 2. The molecule has 0 atom stereocenters. The molecule has 0 aliphatic rings. The first-order chi connectivity index (χ1) is 11.6. The van der Waals surface area contributed by atoms with Crippen LogP contribution in [0, 0.1) is 11.3 Å². The van der Waals surface area contributed by atoms with Crippen LogP contribution in [0.4, 0.5) is 5.69 Å². The lowest BCUT2D eigenvalue weighted by Gasteiger charge is -2.07. The monoisotopic (exact) mass is 320 g/mol. The molecule has 1 amide bonds. The first-order valence-electron chi connectivity index (χ1n) is 7.39. The third-order valence-corrected chi connectivity index (χ3v) is 3.11. The van der Waals surface area contributed by atoms with Crippen LogP contribution in [0.3, 0.4) is 0 Å². The molecular weight excluding hydrogens is 304 g/mol. The van der Waals surface area contributed by atoms with Gasteiger partial charge in [0.1, 0.15) is 11.6 Å². The average molecular weight is 320 g/mol. The summed E-state index contributed by atoms with van der Waals surface area (Å²) in [6.45, 7) is 1.99. The van der Waals surface area contributed by atoms with E-state index in [0.29, 0.717) is 11.3 Å². The highest BCUT2D eigenvalue weighted by Crippen LogP contribution is 2.14. The number of hydrogen-bond donors (Lipinski definition) is 1. The van der Waals surface area contributed by atoms with Gasteiger partial charge in [0.05, 0.1) is 12.2 Å². The Balaban J connectivity index is 2.17. The van der Waals surface area contributed by atoms with Crippen molar-refractivity contribution in [3.63, 3.8) is 0 Å². The van der Waals surface area contributed by atoms with E-state index in [1.807, 2.05) is 24.3 Å². The van der Waals surface area contributed by atoms with Crippen molar-refractivity contribution < 1.29 is 14.3 Å². The lowest BCUT2D eigenvalue weighted by Crippen LogP contribution is -2.14. The Bertz CT molecular complexity index is 805. The molecule has 5 heteroatoms. The number of nitrogens with zero attached hydrogens (tertiary/aromatic N) is 1. The maximum absolute atomic E-state index is 12.2. The van der Waals surface area contributed by atoms with E-state index in [-0.39, 0.29) is 12.2 Å². The van der Waals surface area contributed by atoms with E-state index >= 15 is 0 Å². The van der Waals surface area contributed by atoms with Gasteiger partial charge in [-0.2, -0.15) is 5.26 Å². The van der Waals surface area contributed by atoms with Crippen molar-refractivity contribution in [1.29, 1.82) is 5.26 Å². The molecule has 5 nitrogen and oxygen atoms in total. The van der Waals surface area contributed by atoms with Crippen molar-refractivity contribution >= 4 is 23.6 Å². The van der Waals surface area contributed by atoms with Crippen LogP contribution in [-0.4, -0.2) is 18.5 Å². The fraction of sp³-hybridized carbons (Fsp3) is 0.105. The minimum atomic E-state index is -0.539. The predicted octanol–water partition coefficient (Wildman–Crippen LogP) is 3.41. The maximum atomic E-state index is 12.2. The van der Waals surface area contributed by atoms with Crippen LogP contribution < -0.4 is 5.32 Å². The van der Waals surface area contributed by atoms with E-state index in [1.54, 1.807) is 37.3 Å². The van der Waals surface area contributed by atoms with Gasteiger partial charge in [0.25, 0.3) is 5.91 Å². The maximum Gasteiger partial charge on any atom is 0.338 e. The van der Waals surface area contributed by atoms with Gasteiger partial charge in [0.15, 0.2) is 0 Å². The fourth-order valence-corrected chi connectivity index (χ4v) is 2.00. The Hall–Kier alpha value is -3.39. The van der Waals surface area contributed by atoms with E-state index < -0.39 is 11.9 Å². The SMILES string of the molecule is CCOC(=O)c1cccc(NC(=O)/C(C#N)=C/c2ccccc2)c1. The highest BCUT2D eigenvalue weighted by molar-refractivity contribution is 6.10. The minimum Gasteiger partial charge on any atom is -0.462 e. The number of esters is 1. The summed E-state index contributed by atoms with van der Waals surface area (Å²) < 4.78 is 4.92. The first-order valence-corrected chi connectivity index (χ1v) is 7.39. The summed E-state index contributed by atoms with van der Waals surface area (Å²) in [5, 5.41) is 11.8. The average Bonchev–Trinajstić information content (AvgIpc) is 2.61. The number of hydrogen-bond acceptors (Lipinski definition) is 4. The molecular formula is C19H16N2O3. The quantitative estimate of drug-likeness (QED) is 0.520. The van der Waals surface area contributed by atoms with Crippen LogP contribution >= 0.6 is 0 Å². The van der Waals surface area contributed by atoms with Crippen LogP contribution in [0.25, 0.3) is 6.08 Å². The lowest BCUT2D eigenvalue weighted by atomic mass is 10.1. The van der Waals surface area contributed by atoms with Crippen LogP contribution in [0.15, 0.2) is 60.2 Å². The Morgan fingerprint density at radius 1 is 1.17 bits per heavy atom. The molecule has 1 N–H and O–H groups in total.